The maximum absolute atomic E-state index is 12.4. The molecule has 0 saturated heterocycles. The Kier molecular flexibility index (Phi) is 6.15. The maximum Gasteiger partial charge on any atom is 0.251 e. The molecular formula is C20H22ClNO5S. The summed E-state index contributed by atoms with van der Waals surface area (Å²) >= 11 is 6.26. The zero-order valence-electron chi connectivity index (χ0n) is 15.7. The van der Waals surface area contributed by atoms with Gasteiger partial charge in [0.2, 0.25) is 0 Å². The van der Waals surface area contributed by atoms with Gasteiger partial charge in [0.25, 0.3) is 5.91 Å². The molecule has 0 aromatic heterocycles. The van der Waals surface area contributed by atoms with Gasteiger partial charge in [-0.15, -0.1) is 0 Å². The molecule has 8 heteroatoms. The molecule has 2 aromatic rings. The number of fused-ring (bicyclic) bond motifs is 1. The molecular weight excluding hydrogens is 402 g/mol. The lowest BCUT2D eigenvalue weighted by atomic mass is 10.1. The van der Waals surface area contributed by atoms with E-state index in [9.17, 15) is 13.2 Å². The van der Waals surface area contributed by atoms with Crippen LogP contribution in [-0.2, 0) is 16.4 Å². The number of halogens is 1. The van der Waals surface area contributed by atoms with E-state index < -0.39 is 15.1 Å². The third-order valence-electron chi connectivity index (χ3n) is 4.38. The molecule has 0 atom stereocenters. The monoisotopic (exact) mass is 423 g/mol. The van der Waals surface area contributed by atoms with Gasteiger partial charge in [0.05, 0.1) is 28.4 Å². The largest absolute Gasteiger partial charge is 0.489 e. The van der Waals surface area contributed by atoms with E-state index in [-0.39, 0.29) is 17.3 Å². The number of hydrogen-bond donors (Lipinski definition) is 1. The standard InChI is InChI=1S/C20H22ClNO5S/c1-13(2)28(24,25)16-6-4-15(5-7-16)20(23)22-12-14-10-17(21)19-18(11-14)26-8-3-9-27-19/h4-7,10-11,13H,3,8-9,12H2,1-2H3,(H,22,23). The zero-order valence-corrected chi connectivity index (χ0v) is 17.3. The first kappa shape index (κ1) is 20.5. The second-order valence-electron chi connectivity index (χ2n) is 6.76. The van der Waals surface area contributed by atoms with Crippen LogP contribution in [0.25, 0.3) is 0 Å². The lowest BCUT2D eigenvalue weighted by Crippen LogP contribution is -2.23. The molecule has 0 unspecified atom stereocenters. The fraction of sp³-hybridized carbons (Fsp3) is 0.350. The van der Waals surface area contributed by atoms with Crippen molar-refractivity contribution in [3.8, 4) is 11.5 Å². The average molecular weight is 424 g/mol. The molecule has 0 radical (unpaired) electrons. The number of hydrogen-bond acceptors (Lipinski definition) is 5. The van der Waals surface area contributed by atoms with Crippen molar-refractivity contribution < 1.29 is 22.7 Å². The van der Waals surface area contributed by atoms with Crippen molar-refractivity contribution in [2.24, 2.45) is 0 Å². The summed E-state index contributed by atoms with van der Waals surface area (Å²) in [6.45, 7) is 4.59. The molecule has 3 rings (SSSR count). The lowest BCUT2D eigenvalue weighted by molar-refractivity contribution is 0.0950. The van der Waals surface area contributed by atoms with E-state index in [1.807, 2.05) is 0 Å². The lowest BCUT2D eigenvalue weighted by Gasteiger charge is -2.12. The number of rotatable bonds is 5. The number of ether oxygens (including phenoxy) is 2. The van der Waals surface area contributed by atoms with Crippen LogP contribution in [0.2, 0.25) is 5.02 Å². The van der Waals surface area contributed by atoms with Crippen LogP contribution >= 0.6 is 11.6 Å². The average Bonchev–Trinajstić information content (AvgIpc) is 2.92. The van der Waals surface area contributed by atoms with Crippen LogP contribution in [0.3, 0.4) is 0 Å². The third-order valence-corrected chi connectivity index (χ3v) is 6.83. The first-order chi connectivity index (χ1) is 13.3. The Labute approximate surface area is 169 Å². The van der Waals surface area contributed by atoms with Crippen molar-refractivity contribution >= 4 is 27.3 Å². The van der Waals surface area contributed by atoms with Gasteiger partial charge < -0.3 is 14.8 Å². The summed E-state index contributed by atoms with van der Waals surface area (Å²) < 4.78 is 35.6. The van der Waals surface area contributed by atoms with Gasteiger partial charge in [-0.25, -0.2) is 8.42 Å². The van der Waals surface area contributed by atoms with Gasteiger partial charge in [0.15, 0.2) is 21.3 Å². The van der Waals surface area contributed by atoms with Crippen LogP contribution in [0, 0.1) is 0 Å². The van der Waals surface area contributed by atoms with Crippen molar-refractivity contribution in [3.63, 3.8) is 0 Å². The Balaban J connectivity index is 1.69. The second kappa shape index (κ2) is 8.41. The fourth-order valence-electron chi connectivity index (χ4n) is 2.74. The summed E-state index contributed by atoms with van der Waals surface area (Å²) in [5.74, 6) is 0.783. The van der Waals surface area contributed by atoms with Crippen LogP contribution < -0.4 is 14.8 Å². The first-order valence-electron chi connectivity index (χ1n) is 8.99. The predicted octanol–water partition coefficient (Wildman–Crippen LogP) is 3.61. The number of amides is 1. The highest BCUT2D eigenvalue weighted by molar-refractivity contribution is 7.92. The molecule has 2 aromatic carbocycles. The van der Waals surface area contributed by atoms with Crippen LogP contribution in [0.1, 0.15) is 36.2 Å². The summed E-state index contributed by atoms with van der Waals surface area (Å²) in [6, 6.07) is 9.44. The summed E-state index contributed by atoms with van der Waals surface area (Å²) in [4.78, 5) is 12.6. The van der Waals surface area contributed by atoms with Crippen LogP contribution in [0.15, 0.2) is 41.3 Å². The van der Waals surface area contributed by atoms with E-state index in [1.54, 1.807) is 26.0 Å². The van der Waals surface area contributed by atoms with E-state index in [2.05, 4.69) is 5.32 Å². The van der Waals surface area contributed by atoms with Gasteiger partial charge in [-0.2, -0.15) is 0 Å². The van der Waals surface area contributed by atoms with Crippen molar-refractivity contribution in [2.45, 2.75) is 37.0 Å². The highest BCUT2D eigenvalue weighted by Crippen LogP contribution is 2.37. The van der Waals surface area contributed by atoms with Crippen molar-refractivity contribution in [1.82, 2.24) is 5.32 Å². The minimum absolute atomic E-state index is 0.203. The van der Waals surface area contributed by atoms with Gasteiger partial charge in [-0.05, 0) is 55.8 Å². The minimum Gasteiger partial charge on any atom is -0.489 e. The Morgan fingerprint density at radius 3 is 2.50 bits per heavy atom. The van der Waals surface area contributed by atoms with E-state index in [1.165, 1.54) is 24.3 Å². The van der Waals surface area contributed by atoms with Crippen molar-refractivity contribution in [3.05, 3.63) is 52.5 Å². The molecule has 150 valence electrons. The fourth-order valence-corrected chi connectivity index (χ4v) is 4.09. The van der Waals surface area contributed by atoms with Crippen molar-refractivity contribution in [1.29, 1.82) is 0 Å². The van der Waals surface area contributed by atoms with Gasteiger partial charge in [0.1, 0.15) is 0 Å². The van der Waals surface area contributed by atoms with Gasteiger partial charge in [-0.1, -0.05) is 11.6 Å². The number of nitrogens with one attached hydrogen (secondary N) is 1. The molecule has 0 fully saturated rings. The smallest absolute Gasteiger partial charge is 0.251 e. The summed E-state index contributed by atoms with van der Waals surface area (Å²) in [7, 11) is -3.36. The molecule has 0 bridgehead atoms. The molecule has 1 heterocycles. The summed E-state index contributed by atoms with van der Waals surface area (Å²) in [5, 5.41) is 2.72. The number of carbonyl (C=O) groups excluding carboxylic acids is 1. The summed E-state index contributed by atoms with van der Waals surface area (Å²) in [6.07, 6.45) is 0.777. The Morgan fingerprint density at radius 2 is 1.82 bits per heavy atom. The highest BCUT2D eigenvalue weighted by Gasteiger charge is 2.20. The van der Waals surface area contributed by atoms with Crippen LogP contribution in [0.5, 0.6) is 11.5 Å². The highest BCUT2D eigenvalue weighted by atomic mass is 35.5. The number of benzene rings is 2. The normalized spacial score (nSPS) is 13.9. The molecule has 1 amide bonds. The van der Waals surface area contributed by atoms with Crippen LogP contribution in [0.4, 0.5) is 0 Å². The minimum atomic E-state index is -3.36. The first-order valence-corrected chi connectivity index (χ1v) is 10.9. The van der Waals surface area contributed by atoms with Gasteiger partial charge in [-0.3, -0.25) is 4.79 Å². The molecule has 1 aliphatic rings. The molecule has 6 nitrogen and oxygen atoms in total. The Morgan fingerprint density at radius 1 is 1.14 bits per heavy atom. The predicted molar refractivity (Wildman–Crippen MR) is 107 cm³/mol. The second-order valence-corrected chi connectivity index (χ2v) is 9.67. The van der Waals surface area contributed by atoms with Gasteiger partial charge in [0, 0.05) is 18.5 Å². The van der Waals surface area contributed by atoms with E-state index in [0.717, 1.165) is 12.0 Å². The molecule has 1 N–H and O–H groups in total. The van der Waals surface area contributed by atoms with Crippen molar-refractivity contribution in [2.75, 3.05) is 13.2 Å². The quantitative estimate of drug-likeness (QED) is 0.794. The third kappa shape index (κ3) is 4.42. The van der Waals surface area contributed by atoms with E-state index in [0.29, 0.717) is 35.3 Å². The van der Waals surface area contributed by atoms with Gasteiger partial charge >= 0.3 is 0 Å². The molecule has 28 heavy (non-hydrogen) atoms. The van der Waals surface area contributed by atoms with Crippen LogP contribution in [-0.4, -0.2) is 32.8 Å². The maximum atomic E-state index is 12.4. The molecule has 0 spiro atoms. The topological polar surface area (TPSA) is 81.7 Å². The molecule has 0 saturated carbocycles. The van der Waals surface area contributed by atoms with E-state index >= 15 is 0 Å². The molecule has 1 aliphatic heterocycles. The molecule has 0 aliphatic carbocycles. The number of carbonyl (C=O) groups is 1. The Bertz CT molecular complexity index is 971. The number of sulfone groups is 1. The van der Waals surface area contributed by atoms with E-state index in [4.69, 9.17) is 21.1 Å². The Hall–Kier alpha value is -2.25. The zero-order chi connectivity index (χ0) is 20.3. The summed E-state index contributed by atoms with van der Waals surface area (Å²) in [5.41, 5.74) is 1.16. The SMILES string of the molecule is CC(C)S(=O)(=O)c1ccc(C(=O)NCc2cc(Cl)c3c(c2)OCCCO3)cc1.